The second-order valence-corrected chi connectivity index (χ2v) is 6.16. The SMILES string of the molecule is Nc1ccccc1C(=O)O[C@H]1C[C@H](n2cnc3c(N)ncnc32)O[C@@H]1CO. The summed E-state index contributed by atoms with van der Waals surface area (Å²) in [5.74, 6) is -0.305. The summed E-state index contributed by atoms with van der Waals surface area (Å²) in [7, 11) is 0. The van der Waals surface area contributed by atoms with E-state index >= 15 is 0 Å². The molecule has 0 aliphatic carbocycles. The van der Waals surface area contributed by atoms with Crippen LogP contribution in [0.25, 0.3) is 11.2 Å². The number of benzene rings is 1. The molecule has 1 aliphatic rings. The number of carbonyl (C=O) groups excluding carboxylic acids is 1. The second-order valence-electron chi connectivity index (χ2n) is 6.16. The Morgan fingerprint density at radius 2 is 2.11 bits per heavy atom. The number of hydrogen-bond acceptors (Lipinski definition) is 9. The van der Waals surface area contributed by atoms with Crippen molar-refractivity contribution in [2.24, 2.45) is 0 Å². The molecule has 3 atom stereocenters. The van der Waals surface area contributed by atoms with Gasteiger partial charge >= 0.3 is 5.97 Å². The van der Waals surface area contributed by atoms with Crippen molar-refractivity contribution in [3.05, 3.63) is 42.5 Å². The molecule has 0 unspecified atom stereocenters. The number of nitrogens with zero attached hydrogens (tertiary/aromatic N) is 4. The van der Waals surface area contributed by atoms with Crippen molar-refractivity contribution < 1.29 is 19.4 Å². The molecule has 4 rings (SSSR count). The van der Waals surface area contributed by atoms with Crippen LogP contribution >= 0.6 is 0 Å². The maximum absolute atomic E-state index is 12.4. The first-order valence-corrected chi connectivity index (χ1v) is 8.33. The van der Waals surface area contributed by atoms with Crippen molar-refractivity contribution in [1.82, 2.24) is 19.5 Å². The predicted molar refractivity (Wildman–Crippen MR) is 95.4 cm³/mol. The summed E-state index contributed by atoms with van der Waals surface area (Å²) in [5, 5.41) is 9.64. The van der Waals surface area contributed by atoms with Crippen LogP contribution in [0.4, 0.5) is 11.5 Å². The summed E-state index contributed by atoms with van der Waals surface area (Å²) in [6, 6.07) is 6.64. The van der Waals surface area contributed by atoms with Gasteiger partial charge in [0.2, 0.25) is 0 Å². The van der Waals surface area contributed by atoms with Crippen LogP contribution in [-0.2, 0) is 9.47 Å². The molecule has 10 heteroatoms. The fourth-order valence-corrected chi connectivity index (χ4v) is 3.12. The number of aromatic nitrogens is 4. The van der Waals surface area contributed by atoms with Gasteiger partial charge < -0.3 is 26.0 Å². The van der Waals surface area contributed by atoms with Gasteiger partial charge in [-0.15, -0.1) is 0 Å². The minimum atomic E-state index is -0.680. The quantitative estimate of drug-likeness (QED) is 0.440. The molecule has 2 aromatic heterocycles. The molecule has 0 saturated carbocycles. The molecule has 3 aromatic rings. The minimum absolute atomic E-state index is 0.262. The topological polar surface area (TPSA) is 151 Å². The Balaban J connectivity index is 1.56. The summed E-state index contributed by atoms with van der Waals surface area (Å²) >= 11 is 0. The molecule has 140 valence electrons. The van der Waals surface area contributed by atoms with E-state index in [4.69, 9.17) is 20.9 Å². The van der Waals surface area contributed by atoms with E-state index in [0.29, 0.717) is 23.3 Å². The van der Waals surface area contributed by atoms with Gasteiger partial charge in [-0.25, -0.2) is 19.7 Å². The number of nitrogens with two attached hydrogens (primary N) is 2. The Morgan fingerprint density at radius 3 is 2.89 bits per heavy atom. The molecule has 0 amide bonds. The Labute approximate surface area is 153 Å². The number of aliphatic hydroxyl groups is 1. The number of aliphatic hydroxyl groups excluding tert-OH is 1. The van der Waals surface area contributed by atoms with Gasteiger partial charge in [-0.05, 0) is 12.1 Å². The van der Waals surface area contributed by atoms with Gasteiger partial charge in [-0.2, -0.15) is 0 Å². The number of anilines is 2. The lowest BCUT2D eigenvalue weighted by Crippen LogP contribution is -2.30. The van der Waals surface area contributed by atoms with E-state index in [2.05, 4.69) is 15.0 Å². The monoisotopic (exact) mass is 370 g/mol. The standard InChI is InChI=1S/C17H18N6O4/c18-10-4-2-1-3-9(10)17(25)27-11-5-13(26-12(11)6-24)23-8-22-14-15(19)20-7-21-16(14)23/h1-4,7-8,11-13,24H,5-6,18H2,(H2,19,20,21)/t11-,12+,13+/m0/s1. The molecule has 5 N–H and O–H groups in total. The van der Waals surface area contributed by atoms with Crippen LogP contribution in [-0.4, -0.2) is 49.4 Å². The number of rotatable bonds is 4. The molecule has 0 spiro atoms. The van der Waals surface area contributed by atoms with Gasteiger partial charge in [-0.1, -0.05) is 12.1 Å². The zero-order valence-electron chi connectivity index (χ0n) is 14.2. The lowest BCUT2D eigenvalue weighted by molar-refractivity contribution is -0.0500. The zero-order valence-corrected chi connectivity index (χ0v) is 14.2. The van der Waals surface area contributed by atoms with Crippen LogP contribution in [0.15, 0.2) is 36.9 Å². The fraction of sp³-hybridized carbons (Fsp3) is 0.294. The zero-order chi connectivity index (χ0) is 19.0. The molecule has 1 aliphatic heterocycles. The minimum Gasteiger partial charge on any atom is -0.456 e. The van der Waals surface area contributed by atoms with Crippen molar-refractivity contribution in [2.45, 2.75) is 24.9 Å². The van der Waals surface area contributed by atoms with Crippen molar-refractivity contribution in [1.29, 1.82) is 0 Å². The van der Waals surface area contributed by atoms with Gasteiger partial charge in [-0.3, -0.25) is 4.57 Å². The molecule has 1 aromatic carbocycles. The third-order valence-electron chi connectivity index (χ3n) is 4.50. The predicted octanol–water partition coefficient (Wildman–Crippen LogP) is 0.496. The number of hydrogen-bond donors (Lipinski definition) is 3. The van der Waals surface area contributed by atoms with Crippen molar-refractivity contribution >= 4 is 28.6 Å². The van der Waals surface area contributed by atoms with E-state index in [1.807, 2.05) is 0 Å². The van der Waals surface area contributed by atoms with Crippen molar-refractivity contribution in [3.8, 4) is 0 Å². The Bertz CT molecular complexity index is 990. The number of para-hydroxylation sites is 1. The molecule has 0 bridgehead atoms. The Morgan fingerprint density at radius 1 is 1.30 bits per heavy atom. The van der Waals surface area contributed by atoms with Gasteiger partial charge in [0, 0.05) is 12.1 Å². The maximum Gasteiger partial charge on any atom is 0.340 e. The van der Waals surface area contributed by atoms with Gasteiger partial charge in [0.25, 0.3) is 0 Å². The van der Waals surface area contributed by atoms with Crippen LogP contribution < -0.4 is 11.5 Å². The lowest BCUT2D eigenvalue weighted by Gasteiger charge is -2.17. The van der Waals surface area contributed by atoms with E-state index in [1.54, 1.807) is 28.8 Å². The smallest absolute Gasteiger partial charge is 0.340 e. The van der Waals surface area contributed by atoms with Crippen LogP contribution in [0.2, 0.25) is 0 Å². The Kier molecular flexibility index (Phi) is 4.34. The van der Waals surface area contributed by atoms with Crippen LogP contribution in [0.5, 0.6) is 0 Å². The van der Waals surface area contributed by atoms with Crippen molar-refractivity contribution in [3.63, 3.8) is 0 Å². The van der Waals surface area contributed by atoms with Gasteiger partial charge in [0.15, 0.2) is 11.5 Å². The van der Waals surface area contributed by atoms with E-state index in [0.717, 1.165) is 0 Å². The summed E-state index contributed by atoms with van der Waals surface area (Å²) < 4.78 is 13.1. The molecular weight excluding hydrogens is 352 g/mol. The molecule has 1 saturated heterocycles. The van der Waals surface area contributed by atoms with Crippen molar-refractivity contribution in [2.75, 3.05) is 18.1 Å². The van der Waals surface area contributed by atoms with Gasteiger partial charge in [0.05, 0.1) is 18.5 Å². The first-order valence-electron chi connectivity index (χ1n) is 8.33. The first kappa shape index (κ1) is 17.2. The number of nitrogen functional groups attached to an aromatic ring is 2. The lowest BCUT2D eigenvalue weighted by atomic mass is 10.1. The highest BCUT2D eigenvalue weighted by Gasteiger charge is 2.39. The molecule has 1 fully saturated rings. The number of ether oxygens (including phenoxy) is 2. The molecule has 27 heavy (non-hydrogen) atoms. The normalized spacial score (nSPS) is 22.2. The first-order chi connectivity index (χ1) is 13.1. The van der Waals surface area contributed by atoms with E-state index in [9.17, 15) is 9.90 Å². The number of fused-ring (bicyclic) bond motifs is 1. The summed E-state index contributed by atoms with van der Waals surface area (Å²) in [4.78, 5) is 24.7. The average molecular weight is 370 g/mol. The number of carbonyl (C=O) groups is 1. The fourth-order valence-electron chi connectivity index (χ4n) is 3.12. The molecule has 0 radical (unpaired) electrons. The van der Waals surface area contributed by atoms with E-state index in [1.165, 1.54) is 12.7 Å². The highest BCUT2D eigenvalue weighted by Crippen LogP contribution is 2.33. The van der Waals surface area contributed by atoms with Crippen LogP contribution in [0.3, 0.4) is 0 Å². The van der Waals surface area contributed by atoms with Crippen LogP contribution in [0, 0.1) is 0 Å². The summed E-state index contributed by atoms with van der Waals surface area (Å²) in [6.07, 6.45) is 1.34. The second kappa shape index (κ2) is 6.82. The average Bonchev–Trinajstić information content (AvgIpc) is 3.26. The highest BCUT2D eigenvalue weighted by molar-refractivity contribution is 5.95. The maximum atomic E-state index is 12.4. The van der Waals surface area contributed by atoms with Crippen LogP contribution in [0.1, 0.15) is 23.0 Å². The third kappa shape index (κ3) is 3.04. The van der Waals surface area contributed by atoms with E-state index in [-0.39, 0.29) is 18.0 Å². The molecule has 3 heterocycles. The number of imidazole rings is 1. The summed E-state index contributed by atoms with van der Waals surface area (Å²) in [5.41, 5.74) is 13.2. The highest BCUT2D eigenvalue weighted by atomic mass is 16.6. The summed E-state index contributed by atoms with van der Waals surface area (Å²) in [6.45, 7) is -0.303. The largest absolute Gasteiger partial charge is 0.456 e. The number of esters is 1. The third-order valence-corrected chi connectivity index (χ3v) is 4.50. The van der Waals surface area contributed by atoms with E-state index < -0.39 is 24.4 Å². The molecular formula is C17H18N6O4. The Hall–Kier alpha value is -3.24. The van der Waals surface area contributed by atoms with Gasteiger partial charge in [0.1, 0.15) is 30.3 Å². The molecule has 10 nitrogen and oxygen atoms in total.